The van der Waals surface area contributed by atoms with E-state index in [-0.39, 0.29) is 11.4 Å². The second-order valence-corrected chi connectivity index (χ2v) is 4.72. The van der Waals surface area contributed by atoms with E-state index in [0.717, 1.165) is 17.0 Å². The molecule has 0 radical (unpaired) electrons. The van der Waals surface area contributed by atoms with Gasteiger partial charge in [-0.25, -0.2) is 18.2 Å². The van der Waals surface area contributed by atoms with Gasteiger partial charge in [0, 0.05) is 5.69 Å². The fourth-order valence-corrected chi connectivity index (χ4v) is 2.00. The first-order valence-electron chi connectivity index (χ1n) is 6.65. The smallest absolute Gasteiger partial charge is 0.277 e. The largest absolute Gasteiger partial charge is 0.301 e. The van der Waals surface area contributed by atoms with Gasteiger partial charge in [0.15, 0.2) is 0 Å². The molecule has 23 heavy (non-hydrogen) atoms. The Morgan fingerprint density at radius 2 is 1.91 bits per heavy atom. The SMILES string of the molecule is Cc1nc(C(=O)N(CC(F)F)c2ccc(F)cc2)ccc1C#N. The number of rotatable bonds is 4. The van der Waals surface area contributed by atoms with Crippen molar-refractivity contribution in [3.05, 3.63) is 59.2 Å². The van der Waals surface area contributed by atoms with E-state index in [0.29, 0.717) is 11.3 Å². The van der Waals surface area contributed by atoms with Crippen molar-refractivity contribution < 1.29 is 18.0 Å². The number of benzene rings is 1. The van der Waals surface area contributed by atoms with E-state index in [1.807, 2.05) is 6.07 Å². The van der Waals surface area contributed by atoms with Crippen LogP contribution in [0.3, 0.4) is 0 Å². The van der Waals surface area contributed by atoms with E-state index in [9.17, 15) is 18.0 Å². The molecular weight excluding hydrogens is 307 g/mol. The molecule has 1 heterocycles. The summed E-state index contributed by atoms with van der Waals surface area (Å²) in [6.45, 7) is 0.704. The summed E-state index contributed by atoms with van der Waals surface area (Å²) in [5.41, 5.74) is 0.699. The molecule has 7 heteroatoms. The summed E-state index contributed by atoms with van der Waals surface area (Å²) in [5.74, 6) is -1.28. The van der Waals surface area contributed by atoms with E-state index in [1.54, 1.807) is 6.92 Å². The number of carbonyl (C=O) groups excluding carboxylic acids is 1. The number of nitrogens with zero attached hydrogens (tertiary/aromatic N) is 3. The minimum atomic E-state index is -2.76. The van der Waals surface area contributed by atoms with Crippen molar-refractivity contribution in [3.8, 4) is 6.07 Å². The standard InChI is InChI=1S/C16H12F3N3O/c1-10-11(8-20)2-7-14(21-10)16(23)22(9-15(18)19)13-5-3-12(17)4-6-13/h2-7,15H,9H2,1H3. The molecule has 2 aromatic rings. The maximum atomic E-state index is 13.0. The zero-order chi connectivity index (χ0) is 17.0. The van der Waals surface area contributed by atoms with Crippen molar-refractivity contribution >= 4 is 11.6 Å². The molecule has 2 rings (SSSR count). The predicted octanol–water partition coefficient (Wildman–Crippen LogP) is 3.31. The van der Waals surface area contributed by atoms with Crippen molar-refractivity contribution in [2.75, 3.05) is 11.4 Å². The molecule has 0 bridgehead atoms. The Hall–Kier alpha value is -2.88. The van der Waals surface area contributed by atoms with Gasteiger partial charge in [0.2, 0.25) is 0 Å². The molecule has 1 amide bonds. The van der Waals surface area contributed by atoms with Gasteiger partial charge in [-0.15, -0.1) is 0 Å². The molecule has 0 unspecified atom stereocenters. The molecule has 0 spiro atoms. The van der Waals surface area contributed by atoms with Crippen LogP contribution in [0.1, 0.15) is 21.7 Å². The van der Waals surface area contributed by atoms with Crippen LogP contribution in [0.15, 0.2) is 36.4 Å². The van der Waals surface area contributed by atoms with Crippen LogP contribution in [-0.2, 0) is 0 Å². The summed E-state index contributed by atoms with van der Waals surface area (Å²) in [6.07, 6.45) is -2.76. The predicted molar refractivity (Wildman–Crippen MR) is 77.8 cm³/mol. The summed E-state index contributed by atoms with van der Waals surface area (Å²) in [7, 11) is 0. The number of halogens is 3. The molecular formula is C16H12F3N3O. The van der Waals surface area contributed by atoms with Crippen molar-refractivity contribution in [1.29, 1.82) is 5.26 Å². The zero-order valence-corrected chi connectivity index (χ0v) is 12.1. The third-order valence-corrected chi connectivity index (χ3v) is 3.13. The van der Waals surface area contributed by atoms with Crippen molar-refractivity contribution in [2.24, 2.45) is 0 Å². The van der Waals surface area contributed by atoms with Gasteiger partial charge >= 0.3 is 0 Å². The molecule has 1 aromatic heterocycles. The second kappa shape index (κ2) is 6.92. The van der Waals surface area contributed by atoms with Crippen LogP contribution in [0.4, 0.5) is 18.9 Å². The van der Waals surface area contributed by atoms with E-state index in [4.69, 9.17) is 5.26 Å². The maximum absolute atomic E-state index is 13.0. The Kier molecular flexibility index (Phi) is 4.96. The lowest BCUT2D eigenvalue weighted by atomic mass is 10.2. The minimum Gasteiger partial charge on any atom is -0.301 e. The summed E-state index contributed by atoms with van der Waals surface area (Å²) in [6, 6.07) is 9.26. The van der Waals surface area contributed by atoms with Crippen molar-refractivity contribution in [2.45, 2.75) is 13.3 Å². The second-order valence-electron chi connectivity index (χ2n) is 4.72. The van der Waals surface area contributed by atoms with E-state index in [2.05, 4.69) is 4.98 Å². The van der Waals surface area contributed by atoms with Gasteiger partial charge < -0.3 is 4.90 Å². The number of alkyl halides is 2. The van der Waals surface area contributed by atoms with Gasteiger partial charge in [-0.05, 0) is 43.3 Å². The number of aryl methyl sites for hydroxylation is 1. The molecule has 118 valence electrons. The Labute approximate surface area is 130 Å². The van der Waals surface area contributed by atoms with Gasteiger partial charge in [-0.1, -0.05) is 0 Å². The average Bonchev–Trinajstić information content (AvgIpc) is 2.52. The third kappa shape index (κ3) is 3.86. The van der Waals surface area contributed by atoms with Gasteiger partial charge in [0.05, 0.1) is 17.8 Å². The molecule has 4 nitrogen and oxygen atoms in total. The fourth-order valence-electron chi connectivity index (χ4n) is 2.00. The van der Waals surface area contributed by atoms with Crippen LogP contribution in [0, 0.1) is 24.1 Å². The molecule has 0 aliphatic heterocycles. The lowest BCUT2D eigenvalue weighted by Crippen LogP contribution is -2.35. The summed E-state index contributed by atoms with van der Waals surface area (Å²) in [5, 5.41) is 8.86. The lowest BCUT2D eigenvalue weighted by molar-refractivity contribution is 0.0940. The van der Waals surface area contributed by atoms with Crippen LogP contribution in [0.2, 0.25) is 0 Å². The van der Waals surface area contributed by atoms with Crippen LogP contribution in [-0.4, -0.2) is 23.9 Å². The summed E-state index contributed by atoms with van der Waals surface area (Å²) in [4.78, 5) is 17.3. The van der Waals surface area contributed by atoms with Gasteiger partial charge in [-0.3, -0.25) is 4.79 Å². The number of anilines is 1. The van der Waals surface area contributed by atoms with E-state index in [1.165, 1.54) is 24.3 Å². The van der Waals surface area contributed by atoms with E-state index >= 15 is 0 Å². The fraction of sp³-hybridized carbons (Fsp3) is 0.188. The highest BCUT2D eigenvalue weighted by Crippen LogP contribution is 2.19. The zero-order valence-electron chi connectivity index (χ0n) is 12.1. The topological polar surface area (TPSA) is 57.0 Å². The Balaban J connectivity index is 2.39. The molecule has 0 aliphatic carbocycles. The quantitative estimate of drug-likeness (QED) is 0.868. The normalized spacial score (nSPS) is 10.4. The Morgan fingerprint density at radius 1 is 1.26 bits per heavy atom. The van der Waals surface area contributed by atoms with Crippen molar-refractivity contribution in [1.82, 2.24) is 4.98 Å². The lowest BCUT2D eigenvalue weighted by Gasteiger charge is -2.22. The minimum absolute atomic E-state index is 0.0634. The Morgan fingerprint density at radius 3 is 2.43 bits per heavy atom. The molecule has 0 saturated carbocycles. The number of carbonyl (C=O) groups is 1. The molecule has 0 atom stereocenters. The molecule has 0 aliphatic rings. The highest BCUT2D eigenvalue weighted by molar-refractivity contribution is 6.04. The molecule has 0 fully saturated rings. The van der Waals surface area contributed by atoms with Crippen LogP contribution in [0.5, 0.6) is 0 Å². The van der Waals surface area contributed by atoms with Gasteiger partial charge in [0.25, 0.3) is 12.3 Å². The van der Waals surface area contributed by atoms with E-state index < -0.39 is 24.7 Å². The highest BCUT2D eigenvalue weighted by atomic mass is 19.3. The van der Waals surface area contributed by atoms with Crippen molar-refractivity contribution in [3.63, 3.8) is 0 Å². The van der Waals surface area contributed by atoms with Gasteiger partial charge in [0.1, 0.15) is 17.6 Å². The first kappa shape index (κ1) is 16.5. The Bertz CT molecular complexity index is 754. The number of hydrogen-bond acceptors (Lipinski definition) is 3. The highest BCUT2D eigenvalue weighted by Gasteiger charge is 2.23. The number of aromatic nitrogens is 1. The first-order valence-corrected chi connectivity index (χ1v) is 6.65. The monoisotopic (exact) mass is 319 g/mol. The maximum Gasteiger partial charge on any atom is 0.277 e. The first-order chi connectivity index (χ1) is 10.9. The van der Waals surface area contributed by atoms with Crippen LogP contribution >= 0.6 is 0 Å². The summed E-state index contributed by atoms with van der Waals surface area (Å²) < 4.78 is 38.6. The third-order valence-electron chi connectivity index (χ3n) is 3.13. The number of nitriles is 1. The average molecular weight is 319 g/mol. The molecule has 0 N–H and O–H groups in total. The van der Waals surface area contributed by atoms with Crippen LogP contribution in [0.25, 0.3) is 0 Å². The number of hydrogen-bond donors (Lipinski definition) is 0. The summed E-state index contributed by atoms with van der Waals surface area (Å²) >= 11 is 0. The molecule has 1 aromatic carbocycles. The molecule has 0 saturated heterocycles. The number of amides is 1. The number of pyridine rings is 1. The van der Waals surface area contributed by atoms with Gasteiger partial charge in [-0.2, -0.15) is 5.26 Å². The van der Waals surface area contributed by atoms with Crippen LogP contribution < -0.4 is 4.90 Å².